The van der Waals surface area contributed by atoms with Gasteiger partial charge < -0.3 is 10.3 Å². The maximum Gasteiger partial charge on any atom is 0.244 e. The maximum atomic E-state index is 11.1. The molecule has 0 saturated carbocycles. The number of nitrogens with zero attached hydrogens (tertiary/aromatic N) is 2. The number of nitrogens with two attached hydrogens (primary N) is 1. The van der Waals surface area contributed by atoms with Gasteiger partial charge in [-0.05, 0) is 6.92 Å². The molecule has 1 atom stereocenters. The monoisotopic (exact) mass is 205 g/mol. The number of aromatic nitrogens is 2. The first-order valence-electron chi connectivity index (χ1n) is 3.66. The summed E-state index contributed by atoms with van der Waals surface area (Å²) in [7, 11) is -3.19. The van der Waals surface area contributed by atoms with Gasteiger partial charge in [0.1, 0.15) is 5.25 Å². The van der Waals surface area contributed by atoms with E-state index >= 15 is 0 Å². The Hall–Kier alpha value is -0.950. The van der Waals surface area contributed by atoms with E-state index in [2.05, 4.69) is 10.1 Å². The van der Waals surface area contributed by atoms with Crippen LogP contribution in [0.2, 0.25) is 0 Å². The molecule has 0 aliphatic heterocycles. The normalized spacial score (nSPS) is 14.4. The van der Waals surface area contributed by atoms with Crippen LogP contribution >= 0.6 is 0 Å². The highest BCUT2D eigenvalue weighted by Gasteiger charge is 2.23. The zero-order chi connectivity index (χ0) is 10.1. The highest BCUT2D eigenvalue weighted by Crippen LogP contribution is 2.18. The van der Waals surface area contributed by atoms with Crippen molar-refractivity contribution in [3.8, 4) is 0 Å². The number of hydrogen-bond donors (Lipinski definition) is 1. The minimum atomic E-state index is -3.19. The summed E-state index contributed by atoms with van der Waals surface area (Å²) < 4.78 is 26.9. The first kappa shape index (κ1) is 10.1. The smallest absolute Gasteiger partial charge is 0.244 e. The van der Waals surface area contributed by atoms with Crippen molar-refractivity contribution in [2.24, 2.45) is 5.73 Å². The second-order valence-corrected chi connectivity index (χ2v) is 5.09. The van der Waals surface area contributed by atoms with Crippen molar-refractivity contribution in [3.63, 3.8) is 0 Å². The highest BCUT2D eigenvalue weighted by molar-refractivity contribution is 7.90. The number of rotatable bonds is 3. The van der Waals surface area contributed by atoms with Crippen molar-refractivity contribution < 1.29 is 12.9 Å². The Balaban J connectivity index is 2.96. The van der Waals surface area contributed by atoms with Crippen LogP contribution in [0.1, 0.15) is 23.9 Å². The fraction of sp³-hybridized carbons (Fsp3) is 0.667. The number of hydrogen-bond acceptors (Lipinski definition) is 6. The second kappa shape index (κ2) is 3.43. The van der Waals surface area contributed by atoms with Crippen LogP contribution in [0.4, 0.5) is 0 Å². The molecule has 7 heteroatoms. The Bertz CT molecular complexity index is 384. The quantitative estimate of drug-likeness (QED) is 0.723. The molecule has 1 aromatic heterocycles. The summed E-state index contributed by atoms with van der Waals surface area (Å²) in [6, 6.07) is 0. The lowest BCUT2D eigenvalue weighted by Gasteiger charge is -2.01. The van der Waals surface area contributed by atoms with Gasteiger partial charge in [0.2, 0.25) is 5.89 Å². The zero-order valence-corrected chi connectivity index (χ0v) is 8.21. The van der Waals surface area contributed by atoms with E-state index in [9.17, 15) is 8.42 Å². The van der Waals surface area contributed by atoms with E-state index in [1.807, 2.05) is 0 Å². The third kappa shape index (κ3) is 2.25. The molecule has 0 spiro atoms. The molecule has 0 amide bonds. The molecule has 0 saturated heterocycles. The standard InChI is InChI=1S/C6H11N3O3S/c1-4(13(2,10)11)6-8-5(3-7)9-12-6/h4H,3,7H2,1-2H3. The Labute approximate surface area is 76.0 Å². The van der Waals surface area contributed by atoms with Crippen LogP contribution in [-0.2, 0) is 16.4 Å². The molecule has 6 nitrogen and oxygen atoms in total. The molecule has 2 N–H and O–H groups in total. The molecule has 1 heterocycles. The van der Waals surface area contributed by atoms with E-state index in [1.54, 1.807) is 0 Å². The minimum absolute atomic E-state index is 0.0861. The molecular formula is C6H11N3O3S. The van der Waals surface area contributed by atoms with Gasteiger partial charge in [0.25, 0.3) is 0 Å². The minimum Gasteiger partial charge on any atom is -0.338 e. The lowest BCUT2D eigenvalue weighted by atomic mass is 10.5. The van der Waals surface area contributed by atoms with Crippen LogP contribution < -0.4 is 5.73 Å². The lowest BCUT2D eigenvalue weighted by Crippen LogP contribution is -2.08. The fourth-order valence-corrected chi connectivity index (χ4v) is 1.16. The van der Waals surface area contributed by atoms with Crippen molar-refractivity contribution in [3.05, 3.63) is 11.7 Å². The topological polar surface area (TPSA) is 99.1 Å². The molecule has 0 aliphatic carbocycles. The van der Waals surface area contributed by atoms with Crippen molar-refractivity contribution >= 4 is 9.84 Å². The van der Waals surface area contributed by atoms with E-state index in [0.29, 0.717) is 5.82 Å². The molecule has 1 rings (SSSR count). The summed E-state index contributed by atoms with van der Waals surface area (Å²) in [4.78, 5) is 3.81. The van der Waals surface area contributed by atoms with Crippen molar-refractivity contribution in [1.29, 1.82) is 0 Å². The summed E-state index contributed by atoms with van der Waals surface area (Å²) in [5, 5.41) is 2.72. The summed E-state index contributed by atoms with van der Waals surface area (Å²) in [5.41, 5.74) is 5.24. The Morgan fingerprint density at radius 3 is 2.62 bits per heavy atom. The zero-order valence-electron chi connectivity index (χ0n) is 7.39. The van der Waals surface area contributed by atoms with Crippen LogP contribution in [0.5, 0.6) is 0 Å². The average molecular weight is 205 g/mol. The SMILES string of the molecule is CC(c1nc(CN)no1)S(C)(=O)=O. The van der Waals surface area contributed by atoms with E-state index in [-0.39, 0.29) is 12.4 Å². The molecule has 1 aromatic rings. The molecule has 1 unspecified atom stereocenters. The van der Waals surface area contributed by atoms with Gasteiger partial charge >= 0.3 is 0 Å². The first-order valence-corrected chi connectivity index (χ1v) is 5.62. The van der Waals surface area contributed by atoms with E-state index in [0.717, 1.165) is 6.26 Å². The molecule has 0 fully saturated rings. The third-order valence-electron chi connectivity index (χ3n) is 1.66. The second-order valence-electron chi connectivity index (χ2n) is 2.72. The predicted octanol–water partition coefficient (Wildman–Crippen LogP) is -0.366. The van der Waals surface area contributed by atoms with Gasteiger partial charge in [-0.1, -0.05) is 5.16 Å². The van der Waals surface area contributed by atoms with Gasteiger partial charge in [-0.2, -0.15) is 4.98 Å². The molecule has 13 heavy (non-hydrogen) atoms. The van der Waals surface area contributed by atoms with Crippen LogP contribution in [0, 0.1) is 0 Å². The van der Waals surface area contributed by atoms with Crippen molar-refractivity contribution in [2.45, 2.75) is 18.7 Å². The largest absolute Gasteiger partial charge is 0.338 e. The van der Waals surface area contributed by atoms with Crippen LogP contribution in [0.3, 0.4) is 0 Å². The molecule has 74 valence electrons. The van der Waals surface area contributed by atoms with Crippen molar-refractivity contribution in [1.82, 2.24) is 10.1 Å². The molecule has 0 aromatic carbocycles. The molecule has 0 aliphatic rings. The lowest BCUT2D eigenvalue weighted by molar-refractivity contribution is 0.371. The van der Waals surface area contributed by atoms with E-state index < -0.39 is 15.1 Å². The number of sulfone groups is 1. The molecule has 0 radical (unpaired) electrons. The highest BCUT2D eigenvalue weighted by atomic mass is 32.2. The Morgan fingerprint density at radius 1 is 1.62 bits per heavy atom. The van der Waals surface area contributed by atoms with Gasteiger partial charge in [0.15, 0.2) is 15.7 Å². The Kier molecular flexibility index (Phi) is 2.67. The van der Waals surface area contributed by atoms with Crippen molar-refractivity contribution in [2.75, 3.05) is 6.26 Å². The maximum absolute atomic E-state index is 11.1. The third-order valence-corrected chi connectivity index (χ3v) is 3.14. The van der Waals surface area contributed by atoms with Crippen LogP contribution in [-0.4, -0.2) is 24.8 Å². The molecular weight excluding hydrogens is 194 g/mol. The van der Waals surface area contributed by atoms with E-state index in [4.69, 9.17) is 10.3 Å². The predicted molar refractivity (Wildman–Crippen MR) is 45.4 cm³/mol. The Morgan fingerprint density at radius 2 is 2.23 bits per heavy atom. The van der Waals surface area contributed by atoms with Gasteiger partial charge in [0, 0.05) is 6.26 Å². The first-order chi connectivity index (χ1) is 5.95. The summed E-state index contributed by atoms with van der Waals surface area (Å²) in [5.74, 6) is 0.397. The average Bonchev–Trinajstić information content (AvgIpc) is 2.48. The van der Waals surface area contributed by atoms with Gasteiger partial charge in [-0.3, -0.25) is 0 Å². The van der Waals surface area contributed by atoms with Gasteiger partial charge in [-0.25, -0.2) is 8.42 Å². The van der Waals surface area contributed by atoms with Gasteiger partial charge in [0.05, 0.1) is 6.54 Å². The summed E-state index contributed by atoms with van der Waals surface area (Å²) in [6.07, 6.45) is 1.12. The van der Waals surface area contributed by atoms with E-state index in [1.165, 1.54) is 6.92 Å². The van der Waals surface area contributed by atoms with Crippen LogP contribution in [0.15, 0.2) is 4.52 Å². The fourth-order valence-electron chi connectivity index (χ4n) is 0.699. The summed E-state index contributed by atoms with van der Waals surface area (Å²) >= 11 is 0. The summed E-state index contributed by atoms with van der Waals surface area (Å²) in [6.45, 7) is 1.63. The van der Waals surface area contributed by atoms with Crippen LogP contribution in [0.25, 0.3) is 0 Å². The molecule has 0 bridgehead atoms. The van der Waals surface area contributed by atoms with Gasteiger partial charge in [-0.15, -0.1) is 0 Å².